The quantitative estimate of drug-likeness (QED) is 0.0963. The monoisotopic (exact) mass is 515 g/mol. The Bertz CT molecular complexity index is 712. The fourth-order valence-corrected chi connectivity index (χ4v) is 5.52. The summed E-state index contributed by atoms with van der Waals surface area (Å²) in [6.07, 6.45) is 10.5. The van der Waals surface area contributed by atoms with Gasteiger partial charge in [0, 0.05) is 0 Å². The lowest BCUT2D eigenvalue weighted by Gasteiger charge is -2.22. The zero-order chi connectivity index (χ0) is 24.9. The Labute approximate surface area is 207 Å². The first kappa shape index (κ1) is 29.9. The van der Waals surface area contributed by atoms with E-state index in [9.17, 15) is 4.79 Å². The van der Waals surface area contributed by atoms with Gasteiger partial charge in [0.2, 0.25) is 22.5 Å². The van der Waals surface area contributed by atoms with E-state index in [2.05, 4.69) is 61.4 Å². The van der Waals surface area contributed by atoms with Gasteiger partial charge in [-0.05, 0) is 52.6 Å². The summed E-state index contributed by atoms with van der Waals surface area (Å²) in [6, 6.07) is 0.238. The molecule has 1 aromatic rings. The van der Waals surface area contributed by atoms with Crippen molar-refractivity contribution in [1.82, 2.24) is 15.2 Å². The van der Waals surface area contributed by atoms with Crippen molar-refractivity contribution in [2.75, 3.05) is 6.61 Å². The molecule has 33 heavy (non-hydrogen) atoms. The molecule has 190 valence electrons. The molecule has 1 unspecified atom stereocenters. The van der Waals surface area contributed by atoms with Gasteiger partial charge in [-0.15, -0.1) is 5.10 Å². The highest BCUT2D eigenvalue weighted by Gasteiger charge is 2.28. The SMILES string of the molecule is CCCCCCCCCCC(Sc1nnc(O[Si](C)(C)C)nc1O[Si](C)(C)C)C(=O)OCC. The van der Waals surface area contributed by atoms with Gasteiger partial charge in [-0.2, -0.15) is 4.98 Å². The van der Waals surface area contributed by atoms with Crippen LogP contribution in [-0.4, -0.2) is 49.6 Å². The van der Waals surface area contributed by atoms with Gasteiger partial charge in [0.05, 0.1) is 6.61 Å². The highest BCUT2D eigenvalue weighted by atomic mass is 32.2. The molecule has 0 aromatic carbocycles. The third-order valence-corrected chi connectivity index (χ3v) is 7.32. The highest BCUT2D eigenvalue weighted by Crippen LogP contribution is 2.34. The minimum absolute atomic E-state index is 0.214. The number of carbonyl (C=O) groups is 1. The number of hydrogen-bond donors (Lipinski definition) is 0. The molecule has 0 saturated carbocycles. The van der Waals surface area contributed by atoms with Crippen LogP contribution in [0.2, 0.25) is 39.3 Å². The van der Waals surface area contributed by atoms with Crippen LogP contribution in [0, 0.1) is 0 Å². The van der Waals surface area contributed by atoms with Gasteiger partial charge in [-0.1, -0.05) is 75.2 Å². The minimum atomic E-state index is -1.96. The molecule has 0 aliphatic heterocycles. The van der Waals surface area contributed by atoms with Gasteiger partial charge < -0.3 is 13.6 Å². The summed E-state index contributed by atoms with van der Waals surface area (Å²) in [7, 11) is -3.84. The number of nitrogens with zero attached hydrogens (tertiary/aromatic N) is 3. The smallest absolute Gasteiger partial charge is 0.325 e. The Morgan fingerprint density at radius 1 is 0.848 bits per heavy atom. The fraction of sp³-hybridized carbons (Fsp3) is 0.826. The van der Waals surface area contributed by atoms with E-state index in [1.54, 1.807) is 0 Å². The van der Waals surface area contributed by atoms with Crippen LogP contribution in [0.15, 0.2) is 5.03 Å². The van der Waals surface area contributed by atoms with E-state index in [0.717, 1.165) is 19.3 Å². The predicted molar refractivity (Wildman–Crippen MR) is 141 cm³/mol. The maximum atomic E-state index is 12.7. The number of hydrogen-bond acceptors (Lipinski definition) is 8. The Kier molecular flexibility index (Phi) is 13.6. The van der Waals surface area contributed by atoms with Crippen LogP contribution in [0.25, 0.3) is 0 Å². The molecule has 0 saturated heterocycles. The lowest BCUT2D eigenvalue weighted by molar-refractivity contribution is -0.142. The van der Waals surface area contributed by atoms with Crippen molar-refractivity contribution in [3.63, 3.8) is 0 Å². The Hall–Kier alpha value is -1.14. The number of carbonyl (C=O) groups excluding carboxylic acids is 1. The van der Waals surface area contributed by atoms with Crippen molar-refractivity contribution < 1.29 is 18.4 Å². The average molecular weight is 516 g/mol. The standard InChI is InChI=1S/C23H45N3O4SSi2/c1-9-11-12-13-14-15-16-17-18-19(22(27)28-10-2)31-21-20(29-32(3,4)5)24-23(26-25-21)30-33(6,7)8/h19H,9-18H2,1-8H3. The minimum Gasteiger partial charge on any atom is -0.529 e. The number of unbranched alkanes of at least 4 members (excludes halogenated alkanes) is 7. The molecule has 7 nitrogen and oxygen atoms in total. The number of rotatable bonds is 17. The van der Waals surface area contributed by atoms with Crippen molar-refractivity contribution in [2.24, 2.45) is 0 Å². The molecule has 1 heterocycles. The average Bonchev–Trinajstić information content (AvgIpc) is 2.68. The molecule has 0 spiro atoms. The molecule has 0 bridgehead atoms. The van der Waals surface area contributed by atoms with E-state index in [0.29, 0.717) is 17.5 Å². The van der Waals surface area contributed by atoms with Crippen LogP contribution in [0.3, 0.4) is 0 Å². The van der Waals surface area contributed by atoms with E-state index in [-0.39, 0.29) is 17.2 Å². The van der Waals surface area contributed by atoms with Gasteiger partial charge >= 0.3 is 12.0 Å². The summed E-state index contributed by atoms with van der Waals surface area (Å²) in [6.45, 7) is 16.9. The number of thioether (sulfide) groups is 1. The van der Waals surface area contributed by atoms with Crippen molar-refractivity contribution in [2.45, 2.75) is 121 Å². The molecule has 0 aliphatic rings. The first-order valence-corrected chi connectivity index (χ1v) is 20.1. The van der Waals surface area contributed by atoms with Gasteiger partial charge in [0.1, 0.15) is 5.25 Å². The second-order valence-corrected chi connectivity index (χ2v) is 20.3. The Morgan fingerprint density at radius 2 is 1.42 bits per heavy atom. The molecule has 1 rings (SSSR count). The second kappa shape index (κ2) is 15.0. The van der Waals surface area contributed by atoms with E-state index in [1.807, 2.05) is 6.92 Å². The van der Waals surface area contributed by atoms with Crippen LogP contribution in [-0.2, 0) is 9.53 Å². The fourth-order valence-electron chi connectivity index (χ4n) is 3.09. The predicted octanol–water partition coefficient (Wildman–Crippen LogP) is 6.85. The van der Waals surface area contributed by atoms with Crippen molar-refractivity contribution in [3.05, 3.63) is 0 Å². The molecule has 0 radical (unpaired) electrons. The lowest BCUT2D eigenvalue weighted by Crippen LogP contribution is -2.32. The summed E-state index contributed by atoms with van der Waals surface area (Å²) in [5.74, 6) is 0.196. The molecule has 0 amide bonds. The number of ether oxygens (including phenoxy) is 1. The molecule has 1 atom stereocenters. The van der Waals surface area contributed by atoms with Crippen LogP contribution in [0.4, 0.5) is 0 Å². The third kappa shape index (κ3) is 14.0. The second-order valence-electron chi connectivity index (χ2n) is 10.3. The third-order valence-electron chi connectivity index (χ3n) is 4.53. The Morgan fingerprint density at radius 3 is 1.97 bits per heavy atom. The van der Waals surface area contributed by atoms with Crippen LogP contribution >= 0.6 is 11.8 Å². The lowest BCUT2D eigenvalue weighted by atomic mass is 10.1. The van der Waals surface area contributed by atoms with E-state index < -0.39 is 16.6 Å². The first-order valence-electron chi connectivity index (χ1n) is 12.4. The molecular weight excluding hydrogens is 471 g/mol. The molecule has 0 N–H and O–H groups in total. The zero-order valence-electron chi connectivity index (χ0n) is 22.0. The largest absolute Gasteiger partial charge is 0.529 e. The van der Waals surface area contributed by atoms with E-state index >= 15 is 0 Å². The topological polar surface area (TPSA) is 83.4 Å². The Balaban J connectivity index is 2.88. The van der Waals surface area contributed by atoms with Crippen LogP contribution in [0.1, 0.15) is 71.6 Å². The van der Waals surface area contributed by atoms with E-state index in [1.165, 1.54) is 50.3 Å². The van der Waals surface area contributed by atoms with Crippen molar-refractivity contribution in [1.29, 1.82) is 0 Å². The zero-order valence-corrected chi connectivity index (χ0v) is 24.8. The summed E-state index contributed by atoms with van der Waals surface area (Å²) in [4.78, 5) is 17.2. The molecular formula is C23H45N3O4SSi2. The summed E-state index contributed by atoms with van der Waals surface area (Å²) < 4.78 is 17.5. The van der Waals surface area contributed by atoms with Gasteiger partial charge in [0.25, 0.3) is 0 Å². The van der Waals surface area contributed by atoms with Gasteiger partial charge in [-0.25, -0.2) is 0 Å². The maximum absolute atomic E-state index is 12.7. The highest BCUT2D eigenvalue weighted by molar-refractivity contribution is 8.00. The van der Waals surface area contributed by atoms with E-state index in [4.69, 9.17) is 13.6 Å². The van der Waals surface area contributed by atoms with Crippen molar-refractivity contribution >= 4 is 34.4 Å². The summed E-state index contributed by atoms with van der Waals surface area (Å²) in [5, 5.41) is 8.70. The number of esters is 1. The van der Waals surface area contributed by atoms with Gasteiger partial charge in [-0.3, -0.25) is 4.79 Å². The first-order chi connectivity index (χ1) is 15.4. The normalized spacial score (nSPS) is 13.0. The van der Waals surface area contributed by atoms with Crippen molar-refractivity contribution in [3.8, 4) is 11.9 Å². The molecule has 0 aliphatic carbocycles. The molecule has 10 heteroatoms. The van der Waals surface area contributed by atoms with Crippen LogP contribution < -0.4 is 8.85 Å². The summed E-state index contributed by atoms with van der Waals surface area (Å²) >= 11 is 1.35. The summed E-state index contributed by atoms with van der Waals surface area (Å²) in [5.41, 5.74) is 0. The molecule has 0 fully saturated rings. The van der Waals surface area contributed by atoms with Gasteiger partial charge in [0.15, 0.2) is 5.03 Å². The van der Waals surface area contributed by atoms with Crippen LogP contribution in [0.5, 0.6) is 11.9 Å². The molecule has 1 aromatic heterocycles. The number of aromatic nitrogens is 3. The maximum Gasteiger partial charge on any atom is 0.325 e.